The van der Waals surface area contributed by atoms with E-state index in [4.69, 9.17) is 0 Å². The van der Waals surface area contributed by atoms with Crippen molar-refractivity contribution >= 4 is 0 Å². The van der Waals surface area contributed by atoms with Crippen LogP contribution in [0.1, 0.15) is 40.0 Å². The monoisotopic (exact) mass is 156 g/mol. The summed E-state index contributed by atoms with van der Waals surface area (Å²) >= 11 is 0. The third-order valence-electron chi connectivity index (χ3n) is 2.53. The highest BCUT2D eigenvalue weighted by Gasteiger charge is 2.23. The number of hydrogen-bond acceptors (Lipinski definition) is 2. The normalized spacial score (nSPS) is 34.1. The molecule has 2 nitrogen and oxygen atoms in total. The quantitative estimate of drug-likeness (QED) is 0.655. The van der Waals surface area contributed by atoms with Gasteiger partial charge in [-0.1, -0.05) is 13.3 Å². The second-order valence-corrected chi connectivity index (χ2v) is 3.55. The van der Waals surface area contributed by atoms with E-state index in [2.05, 4.69) is 31.2 Å². The van der Waals surface area contributed by atoms with Crippen LogP contribution in [0.4, 0.5) is 0 Å². The molecule has 0 bridgehead atoms. The van der Waals surface area contributed by atoms with Gasteiger partial charge in [0.05, 0.1) is 0 Å². The van der Waals surface area contributed by atoms with Crippen molar-refractivity contribution in [3.8, 4) is 0 Å². The Kier molecular flexibility index (Phi) is 3.34. The van der Waals surface area contributed by atoms with Gasteiger partial charge in [-0.2, -0.15) is 0 Å². The third kappa shape index (κ3) is 2.17. The number of nitrogens with zero attached hydrogens (tertiary/aromatic N) is 1. The molecule has 2 atom stereocenters. The van der Waals surface area contributed by atoms with Crippen LogP contribution in [0, 0.1) is 0 Å². The maximum atomic E-state index is 3.42. The number of nitrogens with one attached hydrogen (secondary N) is 1. The van der Waals surface area contributed by atoms with Gasteiger partial charge in [0.15, 0.2) is 0 Å². The fourth-order valence-corrected chi connectivity index (χ4v) is 1.92. The lowest BCUT2D eigenvalue weighted by atomic mass is 10.00. The minimum atomic E-state index is 0.721. The molecule has 1 aliphatic heterocycles. The van der Waals surface area contributed by atoms with Crippen molar-refractivity contribution < 1.29 is 0 Å². The highest BCUT2D eigenvalue weighted by atomic mass is 15.5. The molecule has 0 aromatic heterocycles. The minimum absolute atomic E-state index is 0.721. The first-order chi connectivity index (χ1) is 5.25. The molecule has 66 valence electrons. The maximum absolute atomic E-state index is 3.42. The van der Waals surface area contributed by atoms with Gasteiger partial charge in [-0.25, -0.2) is 5.01 Å². The predicted molar refractivity (Wildman–Crippen MR) is 48.3 cm³/mol. The van der Waals surface area contributed by atoms with Crippen LogP contribution in [-0.2, 0) is 0 Å². The summed E-state index contributed by atoms with van der Waals surface area (Å²) in [6.07, 6.45) is 4.08. The van der Waals surface area contributed by atoms with Crippen LogP contribution < -0.4 is 5.43 Å². The van der Waals surface area contributed by atoms with Gasteiger partial charge in [0, 0.05) is 18.6 Å². The van der Waals surface area contributed by atoms with E-state index in [1.807, 2.05) is 0 Å². The van der Waals surface area contributed by atoms with Crippen LogP contribution in [0.3, 0.4) is 0 Å². The molecule has 0 spiro atoms. The SMILES string of the molecule is CCNN1C(C)CCCC1C. The van der Waals surface area contributed by atoms with Crippen LogP contribution in [0.2, 0.25) is 0 Å². The van der Waals surface area contributed by atoms with Gasteiger partial charge in [0.1, 0.15) is 0 Å². The van der Waals surface area contributed by atoms with Gasteiger partial charge < -0.3 is 0 Å². The maximum Gasteiger partial charge on any atom is 0.0218 e. The lowest BCUT2D eigenvalue weighted by Gasteiger charge is -2.38. The zero-order valence-corrected chi connectivity index (χ0v) is 7.93. The zero-order valence-electron chi connectivity index (χ0n) is 7.93. The Bertz CT molecular complexity index is 104. The summed E-state index contributed by atoms with van der Waals surface area (Å²) in [5.74, 6) is 0. The molecule has 2 heteroatoms. The van der Waals surface area contributed by atoms with E-state index in [0.717, 1.165) is 18.6 Å². The van der Waals surface area contributed by atoms with Gasteiger partial charge in [-0.15, -0.1) is 0 Å². The molecular formula is C9H20N2. The van der Waals surface area contributed by atoms with Crippen molar-refractivity contribution in [2.75, 3.05) is 6.54 Å². The van der Waals surface area contributed by atoms with E-state index in [0.29, 0.717) is 0 Å². The van der Waals surface area contributed by atoms with Crippen molar-refractivity contribution in [2.45, 2.75) is 52.1 Å². The highest BCUT2D eigenvalue weighted by molar-refractivity contribution is 4.76. The summed E-state index contributed by atoms with van der Waals surface area (Å²) in [7, 11) is 0. The Morgan fingerprint density at radius 3 is 2.27 bits per heavy atom. The largest absolute Gasteiger partial charge is 0.255 e. The molecular weight excluding hydrogens is 136 g/mol. The van der Waals surface area contributed by atoms with Gasteiger partial charge >= 0.3 is 0 Å². The molecule has 11 heavy (non-hydrogen) atoms. The van der Waals surface area contributed by atoms with E-state index < -0.39 is 0 Å². The van der Waals surface area contributed by atoms with E-state index in [-0.39, 0.29) is 0 Å². The standard InChI is InChI=1S/C9H20N2/c1-4-10-11-8(2)6-5-7-9(11)3/h8-10H,4-7H2,1-3H3. The lowest BCUT2D eigenvalue weighted by molar-refractivity contribution is 0.0488. The molecule has 0 aliphatic carbocycles. The second-order valence-electron chi connectivity index (χ2n) is 3.55. The number of hydrazine groups is 1. The smallest absolute Gasteiger partial charge is 0.0218 e. The molecule has 0 amide bonds. The topological polar surface area (TPSA) is 15.3 Å². The Morgan fingerprint density at radius 1 is 1.27 bits per heavy atom. The Balaban J connectivity index is 2.41. The molecule has 0 aromatic carbocycles. The molecule has 1 heterocycles. The van der Waals surface area contributed by atoms with E-state index in [9.17, 15) is 0 Å². The Morgan fingerprint density at radius 2 is 1.82 bits per heavy atom. The molecule has 2 unspecified atom stereocenters. The fourth-order valence-electron chi connectivity index (χ4n) is 1.92. The number of rotatable bonds is 2. The molecule has 1 aliphatic rings. The second kappa shape index (κ2) is 4.07. The Labute approximate surface area is 69.9 Å². The molecule has 1 N–H and O–H groups in total. The summed E-state index contributed by atoms with van der Waals surface area (Å²) in [5, 5.41) is 2.41. The molecule has 1 rings (SSSR count). The summed E-state index contributed by atoms with van der Waals surface area (Å²) in [4.78, 5) is 0. The van der Waals surface area contributed by atoms with Crippen molar-refractivity contribution in [3.05, 3.63) is 0 Å². The van der Waals surface area contributed by atoms with Crippen molar-refractivity contribution in [3.63, 3.8) is 0 Å². The van der Waals surface area contributed by atoms with Gasteiger partial charge in [0.2, 0.25) is 0 Å². The van der Waals surface area contributed by atoms with Crippen LogP contribution in [0.25, 0.3) is 0 Å². The molecule has 1 saturated heterocycles. The number of piperidine rings is 1. The zero-order chi connectivity index (χ0) is 8.27. The molecule has 0 saturated carbocycles. The minimum Gasteiger partial charge on any atom is -0.255 e. The first-order valence-electron chi connectivity index (χ1n) is 4.77. The van der Waals surface area contributed by atoms with Crippen molar-refractivity contribution in [2.24, 2.45) is 0 Å². The Hall–Kier alpha value is -0.0800. The van der Waals surface area contributed by atoms with Gasteiger partial charge in [0.25, 0.3) is 0 Å². The van der Waals surface area contributed by atoms with Crippen LogP contribution >= 0.6 is 0 Å². The predicted octanol–water partition coefficient (Wildman–Crippen LogP) is 1.77. The van der Waals surface area contributed by atoms with Gasteiger partial charge in [-0.3, -0.25) is 5.43 Å². The van der Waals surface area contributed by atoms with E-state index >= 15 is 0 Å². The average Bonchev–Trinajstić information content (AvgIpc) is 1.97. The van der Waals surface area contributed by atoms with Crippen LogP contribution in [-0.4, -0.2) is 23.6 Å². The van der Waals surface area contributed by atoms with E-state index in [1.54, 1.807) is 0 Å². The average molecular weight is 156 g/mol. The van der Waals surface area contributed by atoms with Crippen LogP contribution in [0.15, 0.2) is 0 Å². The summed E-state index contributed by atoms with van der Waals surface area (Å²) in [6.45, 7) is 7.82. The first kappa shape index (κ1) is 9.01. The first-order valence-corrected chi connectivity index (χ1v) is 4.77. The summed E-state index contributed by atoms with van der Waals surface area (Å²) in [5.41, 5.74) is 3.42. The fraction of sp³-hybridized carbons (Fsp3) is 1.00. The number of hydrogen-bond donors (Lipinski definition) is 1. The van der Waals surface area contributed by atoms with Gasteiger partial charge in [-0.05, 0) is 26.7 Å². The van der Waals surface area contributed by atoms with Crippen molar-refractivity contribution in [1.82, 2.24) is 10.4 Å². The molecule has 0 aromatic rings. The molecule has 0 radical (unpaired) electrons. The summed E-state index contributed by atoms with van der Waals surface area (Å²) < 4.78 is 0. The lowest BCUT2D eigenvalue weighted by Crippen LogP contribution is -2.51. The highest BCUT2D eigenvalue weighted by Crippen LogP contribution is 2.19. The molecule has 1 fully saturated rings. The third-order valence-corrected chi connectivity index (χ3v) is 2.53. The summed E-state index contributed by atoms with van der Waals surface area (Å²) in [6, 6.07) is 1.44. The van der Waals surface area contributed by atoms with E-state index in [1.165, 1.54) is 19.3 Å². The van der Waals surface area contributed by atoms with Crippen molar-refractivity contribution in [1.29, 1.82) is 0 Å². The van der Waals surface area contributed by atoms with Crippen LogP contribution in [0.5, 0.6) is 0 Å².